The maximum absolute atomic E-state index is 9.20. The third-order valence-electron chi connectivity index (χ3n) is 1.69. The number of hydrogen-bond donors (Lipinski definition) is 2. The van der Waals surface area contributed by atoms with Gasteiger partial charge in [0.1, 0.15) is 0 Å². The number of nitrogens with one attached hydrogen (secondary N) is 1. The Bertz CT molecular complexity index is 156. The van der Waals surface area contributed by atoms with Gasteiger partial charge in [-0.25, -0.2) is 0 Å². The summed E-state index contributed by atoms with van der Waals surface area (Å²) >= 11 is 0. The van der Waals surface area contributed by atoms with Gasteiger partial charge in [-0.3, -0.25) is 0 Å². The Balaban J connectivity index is 2.37. The Morgan fingerprint density at radius 1 is 1.60 bits per heavy atom. The SMILES string of the molecule is CC#CC1CC(O)CCN1. The minimum Gasteiger partial charge on any atom is -0.393 e. The Kier molecular flexibility index (Phi) is 2.73. The predicted octanol–water partition coefficient (Wildman–Crippen LogP) is 0.123. The highest BCUT2D eigenvalue weighted by Crippen LogP contribution is 2.06. The average molecular weight is 139 g/mol. The molecule has 0 aliphatic carbocycles. The van der Waals surface area contributed by atoms with Crippen molar-refractivity contribution in [3.8, 4) is 11.8 Å². The highest BCUT2D eigenvalue weighted by Gasteiger charge is 2.16. The molecule has 2 nitrogen and oxygen atoms in total. The standard InChI is InChI=1S/C8H13NO/c1-2-3-7-6-8(10)4-5-9-7/h7-10H,4-6H2,1H3. The topological polar surface area (TPSA) is 32.3 Å². The lowest BCUT2D eigenvalue weighted by molar-refractivity contribution is 0.127. The van der Waals surface area contributed by atoms with Crippen molar-refractivity contribution in [1.29, 1.82) is 0 Å². The fraction of sp³-hybridized carbons (Fsp3) is 0.750. The van der Waals surface area contributed by atoms with Crippen molar-refractivity contribution < 1.29 is 5.11 Å². The minimum atomic E-state index is -0.146. The maximum Gasteiger partial charge on any atom is 0.0714 e. The molecule has 0 aromatic heterocycles. The Hall–Kier alpha value is -0.520. The van der Waals surface area contributed by atoms with Gasteiger partial charge < -0.3 is 10.4 Å². The van der Waals surface area contributed by atoms with E-state index in [1.54, 1.807) is 0 Å². The van der Waals surface area contributed by atoms with Gasteiger partial charge in [0.05, 0.1) is 12.1 Å². The van der Waals surface area contributed by atoms with Gasteiger partial charge in [0.25, 0.3) is 0 Å². The number of rotatable bonds is 0. The molecule has 2 heteroatoms. The molecule has 0 aromatic carbocycles. The monoisotopic (exact) mass is 139 g/mol. The Labute approximate surface area is 61.6 Å². The van der Waals surface area contributed by atoms with E-state index in [0.29, 0.717) is 0 Å². The van der Waals surface area contributed by atoms with Gasteiger partial charge >= 0.3 is 0 Å². The summed E-state index contributed by atoms with van der Waals surface area (Å²) in [5, 5.41) is 12.4. The average Bonchev–Trinajstić information content (AvgIpc) is 1.88. The van der Waals surface area contributed by atoms with E-state index in [0.717, 1.165) is 19.4 Å². The van der Waals surface area contributed by atoms with Crippen LogP contribution in [0.15, 0.2) is 0 Å². The molecular formula is C8H13NO. The quantitative estimate of drug-likeness (QED) is 0.467. The number of piperidine rings is 1. The molecule has 0 bridgehead atoms. The molecular weight excluding hydrogens is 126 g/mol. The van der Waals surface area contributed by atoms with Crippen LogP contribution in [0.5, 0.6) is 0 Å². The highest BCUT2D eigenvalue weighted by atomic mass is 16.3. The zero-order valence-corrected chi connectivity index (χ0v) is 6.22. The lowest BCUT2D eigenvalue weighted by atomic mass is 10.0. The molecule has 1 aliphatic rings. The van der Waals surface area contributed by atoms with Gasteiger partial charge in [-0.05, 0) is 26.3 Å². The second-order valence-corrected chi connectivity index (χ2v) is 2.58. The van der Waals surface area contributed by atoms with Gasteiger partial charge in [-0.1, -0.05) is 5.92 Å². The molecule has 0 saturated carbocycles. The highest BCUT2D eigenvalue weighted by molar-refractivity contribution is 5.07. The van der Waals surface area contributed by atoms with Crippen molar-refractivity contribution in [1.82, 2.24) is 5.32 Å². The minimum absolute atomic E-state index is 0.146. The summed E-state index contributed by atoms with van der Waals surface area (Å²) < 4.78 is 0. The number of hydrogen-bond acceptors (Lipinski definition) is 2. The molecule has 0 spiro atoms. The normalized spacial score (nSPS) is 32.6. The Morgan fingerprint density at radius 3 is 3.00 bits per heavy atom. The van der Waals surface area contributed by atoms with Crippen LogP contribution in [0, 0.1) is 11.8 Å². The molecule has 56 valence electrons. The van der Waals surface area contributed by atoms with Gasteiger partial charge in [0.2, 0.25) is 0 Å². The van der Waals surface area contributed by atoms with Crippen LogP contribution in [0.1, 0.15) is 19.8 Å². The van der Waals surface area contributed by atoms with Crippen molar-refractivity contribution in [2.45, 2.75) is 31.9 Å². The van der Waals surface area contributed by atoms with Crippen LogP contribution in [0.25, 0.3) is 0 Å². The first-order chi connectivity index (χ1) is 4.83. The van der Waals surface area contributed by atoms with Gasteiger partial charge in [-0.15, -0.1) is 5.92 Å². The van der Waals surface area contributed by atoms with E-state index in [4.69, 9.17) is 0 Å². The van der Waals surface area contributed by atoms with Crippen LogP contribution < -0.4 is 5.32 Å². The van der Waals surface area contributed by atoms with Crippen LogP contribution in [-0.2, 0) is 0 Å². The summed E-state index contributed by atoms with van der Waals surface area (Å²) in [6, 6.07) is 0.216. The third kappa shape index (κ3) is 2.02. The number of aliphatic hydroxyl groups is 1. The van der Waals surface area contributed by atoms with Crippen LogP contribution in [0.3, 0.4) is 0 Å². The van der Waals surface area contributed by atoms with E-state index in [9.17, 15) is 5.11 Å². The fourth-order valence-electron chi connectivity index (χ4n) is 1.18. The summed E-state index contributed by atoms with van der Waals surface area (Å²) in [6.07, 6.45) is 1.50. The summed E-state index contributed by atoms with van der Waals surface area (Å²) in [6.45, 7) is 2.71. The first-order valence-corrected chi connectivity index (χ1v) is 3.66. The molecule has 1 heterocycles. The summed E-state index contributed by atoms with van der Waals surface area (Å²) in [5.74, 6) is 5.83. The number of aliphatic hydroxyl groups excluding tert-OH is 1. The van der Waals surface area contributed by atoms with Crippen LogP contribution in [-0.4, -0.2) is 23.8 Å². The van der Waals surface area contributed by atoms with Gasteiger partial charge in [-0.2, -0.15) is 0 Å². The molecule has 1 saturated heterocycles. The fourth-order valence-corrected chi connectivity index (χ4v) is 1.18. The zero-order chi connectivity index (χ0) is 7.40. The molecule has 0 amide bonds. The Morgan fingerprint density at radius 2 is 2.40 bits per heavy atom. The lowest BCUT2D eigenvalue weighted by Gasteiger charge is -2.23. The van der Waals surface area contributed by atoms with E-state index < -0.39 is 0 Å². The molecule has 1 rings (SSSR count). The van der Waals surface area contributed by atoms with Crippen molar-refractivity contribution in [2.24, 2.45) is 0 Å². The smallest absolute Gasteiger partial charge is 0.0714 e. The van der Waals surface area contributed by atoms with Crippen LogP contribution >= 0.6 is 0 Å². The van der Waals surface area contributed by atoms with E-state index in [2.05, 4.69) is 17.2 Å². The van der Waals surface area contributed by atoms with Crippen LogP contribution in [0.2, 0.25) is 0 Å². The molecule has 2 unspecified atom stereocenters. The molecule has 2 N–H and O–H groups in total. The summed E-state index contributed by atoms with van der Waals surface area (Å²) in [4.78, 5) is 0. The molecule has 2 atom stereocenters. The first-order valence-electron chi connectivity index (χ1n) is 3.66. The van der Waals surface area contributed by atoms with Gasteiger partial charge in [0.15, 0.2) is 0 Å². The van der Waals surface area contributed by atoms with E-state index in [-0.39, 0.29) is 12.1 Å². The van der Waals surface area contributed by atoms with Crippen molar-refractivity contribution in [3.63, 3.8) is 0 Å². The summed E-state index contributed by atoms with van der Waals surface area (Å²) in [5.41, 5.74) is 0. The summed E-state index contributed by atoms with van der Waals surface area (Å²) in [7, 11) is 0. The third-order valence-corrected chi connectivity index (χ3v) is 1.69. The van der Waals surface area contributed by atoms with E-state index in [1.165, 1.54) is 0 Å². The largest absolute Gasteiger partial charge is 0.393 e. The molecule has 10 heavy (non-hydrogen) atoms. The van der Waals surface area contributed by atoms with Crippen molar-refractivity contribution in [3.05, 3.63) is 0 Å². The molecule has 1 fully saturated rings. The van der Waals surface area contributed by atoms with E-state index in [1.807, 2.05) is 6.92 Å². The molecule has 0 aromatic rings. The van der Waals surface area contributed by atoms with Crippen LogP contribution in [0.4, 0.5) is 0 Å². The zero-order valence-electron chi connectivity index (χ0n) is 6.22. The first kappa shape index (κ1) is 7.59. The predicted molar refractivity (Wildman–Crippen MR) is 40.5 cm³/mol. The lowest BCUT2D eigenvalue weighted by Crippen LogP contribution is -2.39. The molecule has 1 aliphatic heterocycles. The van der Waals surface area contributed by atoms with Crippen molar-refractivity contribution >= 4 is 0 Å². The second kappa shape index (κ2) is 3.60. The van der Waals surface area contributed by atoms with E-state index >= 15 is 0 Å². The van der Waals surface area contributed by atoms with Gasteiger partial charge in [0, 0.05) is 0 Å². The molecule has 0 radical (unpaired) electrons. The van der Waals surface area contributed by atoms with Crippen molar-refractivity contribution in [2.75, 3.05) is 6.54 Å². The second-order valence-electron chi connectivity index (χ2n) is 2.58. The maximum atomic E-state index is 9.20.